The third-order valence-electron chi connectivity index (χ3n) is 4.99. The number of anilines is 2. The summed E-state index contributed by atoms with van der Waals surface area (Å²) in [5.41, 5.74) is 3.48. The van der Waals surface area contributed by atoms with Crippen molar-refractivity contribution in [2.24, 2.45) is 5.92 Å². The van der Waals surface area contributed by atoms with Crippen LogP contribution in [0.5, 0.6) is 0 Å². The van der Waals surface area contributed by atoms with E-state index in [0.29, 0.717) is 37.4 Å². The van der Waals surface area contributed by atoms with Gasteiger partial charge in [-0.1, -0.05) is 44.2 Å². The molecule has 1 N–H and O–H groups in total. The van der Waals surface area contributed by atoms with Gasteiger partial charge in [-0.25, -0.2) is 8.42 Å². The molecule has 6 heteroatoms. The van der Waals surface area contributed by atoms with Crippen LogP contribution in [0.2, 0.25) is 0 Å². The van der Waals surface area contributed by atoms with E-state index < -0.39 is 10.0 Å². The van der Waals surface area contributed by atoms with Crippen LogP contribution in [0.1, 0.15) is 37.8 Å². The summed E-state index contributed by atoms with van der Waals surface area (Å²) in [6, 6.07) is 15.1. The van der Waals surface area contributed by atoms with E-state index in [1.807, 2.05) is 47.4 Å². The Morgan fingerprint density at radius 3 is 2.54 bits per heavy atom. The number of hydrogen-bond acceptors (Lipinski definition) is 3. The topological polar surface area (TPSA) is 66.5 Å². The van der Waals surface area contributed by atoms with Crippen molar-refractivity contribution < 1.29 is 13.2 Å². The van der Waals surface area contributed by atoms with Gasteiger partial charge in [-0.05, 0) is 54.5 Å². The molecule has 3 rings (SSSR count). The first-order chi connectivity index (χ1) is 13.3. The third-order valence-corrected chi connectivity index (χ3v) is 6.27. The second kappa shape index (κ2) is 8.78. The van der Waals surface area contributed by atoms with Crippen LogP contribution in [-0.2, 0) is 27.7 Å². The maximum absolute atomic E-state index is 12.5. The Bertz CT molecular complexity index is 924. The minimum absolute atomic E-state index is 0.0348. The smallest absolute Gasteiger partial charge is 0.233 e. The molecule has 0 atom stereocenters. The van der Waals surface area contributed by atoms with Gasteiger partial charge in [0, 0.05) is 24.3 Å². The number of nitrogens with zero attached hydrogens (tertiary/aromatic N) is 1. The van der Waals surface area contributed by atoms with Gasteiger partial charge in [-0.2, -0.15) is 0 Å². The molecule has 0 bridgehead atoms. The standard InChI is InChI=1S/C22H28N2O3S/c1-17(2)12-14-24-21-10-9-20(16-19(21)8-11-22(24)25)23-28(26,27)15-13-18-6-4-3-5-7-18/h3-7,9-10,16-17,23H,8,11-15H2,1-2H3. The molecule has 5 nitrogen and oxygen atoms in total. The van der Waals surface area contributed by atoms with E-state index in [4.69, 9.17) is 0 Å². The number of benzene rings is 2. The molecule has 0 saturated carbocycles. The van der Waals surface area contributed by atoms with Crippen molar-refractivity contribution >= 4 is 27.3 Å². The number of carbonyl (C=O) groups is 1. The van der Waals surface area contributed by atoms with Gasteiger partial charge in [0.15, 0.2) is 0 Å². The van der Waals surface area contributed by atoms with Crippen molar-refractivity contribution in [1.82, 2.24) is 0 Å². The van der Waals surface area contributed by atoms with Crippen LogP contribution >= 0.6 is 0 Å². The first-order valence-electron chi connectivity index (χ1n) is 9.82. The lowest BCUT2D eigenvalue weighted by Crippen LogP contribution is -2.36. The molecule has 2 aromatic carbocycles. The van der Waals surface area contributed by atoms with Crippen molar-refractivity contribution in [3.8, 4) is 0 Å². The summed E-state index contributed by atoms with van der Waals surface area (Å²) >= 11 is 0. The molecular formula is C22H28N2O3S. The van der Waals surface area contributed by atoms with Crippen LogP contribution in [0.4, 0.5) is 11.4 Å². The molecule has 0 aromatic heterocycles. The van der Waals surface area contributed by atoms with Crippen LogP contribution < -0.4 is 9.62 Å². The number of aryl methyl sites for hydroxylation is 2. The van der Waals surface area contributed by atoms with Crippen molar-refractivity contribution in [3.63, 3.8) is 0 Å². The molecule has 2 aromatic rings. The molecule has 1 aliphatic rings. The van der Waals surface area contributed by atoms with Crippen LogP contribution in [0.3, 0.4) is 0 Å². The Labute approximate surface area is 167 Å². The van der Waals surface area contributed by atoms with Crippen LogP contribution in [0, 0.1) is 5.92 Å². The predicted molar refractivity (Wildman–Crippen MR) is 114 cm³/mol. The van der Waals surface area contributed by atoms with Crippen molar-refractivity contribution in [3.05, 3.63) is 59.7 Å². The lowest BCUT2D eigenvalue weighted by molar-refractivity contribution is -0.118. The van der Waals surface area contributed by atoms with E-state index in [-0.39, 0.29) is 11.7 Å². The Hall–Kier alpha value is -2.34. The first-order valence-corrected chi connectivity index (χ1v) is 11.5. The van der Waals surface area contributed by atoms with Crippen LogP contribution in [0.15, 0.2) is 48.5 Å². The summed E-state index contributed by atoms with van der Waals surface area (Å²) in [4.78, 5) is 14.2. The summed E-state index contributed by atoms with van der Waals surface area (Å²) in [5.74, 6) is 0.700. The fraction of sp³-hybridized carbons (Fsp3) is 0.409. The Balaban J connectivity index is 1.69. The van der Waals surface area contributed by atoms with Crippen LogP contribution in [-0.4, -0.2) is 26.6 Å². The summed E-state index contributed by atoms with van der Waals surface area (Å²) in [5, 5.41) is 0. The van der Waals surface area contributed by atoms with Gasteiger partial charge in [0.05, 0.1) is 5.75 Å². The second-order valence-electron chi connectivity index (χ2n) is 7.73. The van der Waals surface area contributed by atoms with Crippen molar-refractivity contribution in [2.45, 2.75) is 39.5 Å². The molecule has 0 saturated heterocycles. The average molecular weight is 401 g/mol. The van der Waals surface area contributed by atoms with Gasteiger partial charge >= 0.3 is 0 Å². The number of carbonyl (C=O) groups excluding carboxylic acids is 1. The largest absolute Gasteiger partial charge is 0.312 e. The molecule has 0 radical (unpaired) electrons. The van der Waals surface area contributed by atoms with Gasteiger partial charge in [-0.3, -0.25) is 9.52 Å². The fourth-order valence-corrected chi connectivity index (χ4v) is 4.48. The molecular weight excluding hydrogens is 372 g/mol. The van der Waals surface area contributed by atoms with Gasteiger partial charge in [0.1, 0.15) is 0 Å². The molecule has 1 aliphatic heterocycles. The Morgan fingerprint density at radius 1 is 1.07 bits per heavy atom. The van der Waals surface area contributed by atoms with E-state index in [9.17, 15) is 13.2 Å². The van der Waals surface area contributed by atoms with E-state index >= 15 is 0 Å². The van der Waals surface area contributed by atoms with E-state index in [2.05, 4.69) is 18.6 Å². The van der Waals surface area contributed by atoms with Crippen molar-refractivity contribution in [1.29, 1.82) is 0 Å². The lowest BCUT2D eigenvalue weighted by Gasteiger charge is -2.30. The molecule has 0 spiro atoms. The third kappa shape index (κ3) is 5.35. The monoisotopic (exact) mass is 400 g/mol. The summed E-state index contributed by atoms with van der Waals surface area (Å²) < 4.78 is 27.6. The SMILES string of the molecule is CC(C)CCN1C(=O)CCc2cc(NS(=O)(=O)CCc3ccccc3)ccc21. The highest BCUT2D eigenvalue weighted by Crippen LogP contribution is 2.31. The summed E-state index contributed by atoms with van der Waals surface area (Å²) in [7, 11) is -3.44. The van der Waals surface area contributed by atoms with Crippen molar-refractivity contribution in [2.75, 3.05) is 21.9 Å². The normalized spacial score (nSPS) is 14.2. The van der Waals surface area contributed by atoms with Gasteiger partial charge in [0.25, 0.3) is 0 Å². The molecule has 150 valence electrons. The maximum Gasteiger partial charge on any atom is 0.233 e. The minimum Gasteiger partial charge on any atom is -0.312 e. The van der Waals surface area contributed by atoms with E-state index in [0.717, 1.165) is 23.2 Å². The minimum atomic E-state index is -3.44. The zero-order valence-corrected chi connectivity index (χ0v) is 17.3. The summed E-state index contributed by atoms with van der Waals surface area (Å²) in [6.45, 7) is 4.98. The van der Waals surface area contributed by atoms with Gasteiger partial charge < -0.3 is 4.90 Å². The average Bonchev–Trinajstić information content (AvgIpc) is 2.66. The molecule has 1 amide bonds. The maximum atomic E-state index is 12.5. The first kappa shape index (κ1) is 20.4. The fourth-order valence-electron chi connectivity index (χ4n) is 3.38. The highest BCUT2D eigenvalue weighted by atomic mass is 32.2. The zero-order valence-electron chi connectivity index (χ0n) is 16.5. The number of nitrogens with one attached hydrogen (secondary N) is 1. The molecule has 28 heavy (non-hydrogen) atoms. The van der Waals surface area contributed by atoms with Crippen LogP contribution in [0.25, 0.3) is 0 Å². The van der Waals surface area contributed by atoms with E-state index in [1.54, 1.807) is 6.07 Å². The van der Waals surface area contributed by atoms with Gasteiger partial charge in [-0.15, -0.1) is 0 Å². The number of rotatable bonds is 8. The number of fused-ring (bicyclic) bond motifs is 1. The highest BCUT2D eigenvalue weighted by Gasteiger charge is 2.24. The van der Waals surface area contributed by atoms with E-state index in [1.165, 1.54) is 0 Å². The lowest BCUT2D eigenvalue weighted by atomic mass is 9.99. The quantitative estimate of drug-likeness (QED) is 0.728. The Kier molecular flexibility index (Phi) is 6.39. The predicted octanol–water partition coefficient (Wildman–Crippen LogP) is 4.00. The zero-order chi connectivity index (χ0) is 20.1. The number of sulfonamides is 1. The number of hydrogen-bond donors (Lipinski definition) is 1. The number of amides is 1. The second-order valence-corrected chi connectivity index (χ2v) is 9.57. The summed E-state index contributed by atoms with van der Waals surface area (Å²) in [6.07, 6.45) is 2.53. The molecule has 0 aliphatic carbocycles. The highest BCUT2D eigenvalue weighted by molar-refractivity contribution is 7.92. The molecule has 0 unspecified atom stereocenters. The molecule has 0 fully saturated rings. The molecule has 1 heterocycles. The Morgan fingerprint density at radius 2 is 1.82 bits per heavy atom. The van der Waals surface area contributed by atoms with Gasteiger partial charge in [0.2, 0.25) is 15.9 Å².